The summed E-state index contributed by atoms with van der Waals surface area (Å²) in [5.41, 5.74) is 2.12. The average Bonchev–Trinajstić information content (AvgIpc) is 3.56. The highest BCUT2D eigenvalue weighted by Gasteiger charge is 2.50. The molecule has 0 saturated carbocycles. The molecule has 2 N–H and O–H groups in total. The zero-order valence-corrected chi connectivity index (χ0v) is 36.3. The van der Waals surface area contributed by atoms with Gasteiger partial charge in [-0.3, -0.25) is 0 Å². The maximum Gasteiger partial charge on any atom is 0.224 e. The molecule has 4 unspecified atom stereocenters. The molecule has 59 heavy (non-hydrogen) atoms. The van der Waals surface area contributed by atoms with Gasteiger partial charge in [-0.05, 0) is 86.3 Å². The van der Waals surface area contributed by atoms with E-state index in [0.717, 1.165) is 36.1 Å². The molecular weight excluding hydrogens is 741 g/mol. The highest BCUT2D eigenvalue weighted by Crippen LogP contribution is 2.38. The van der Waals surface area contributed by atoms with Crippen LogP contribution in [0.15, 0.2) is 72.5 Å². The Morgan fingerprint density at radius 1 is 0.763 bits per heavy atom. The Morgan fingerprint density at radius 3 is 1.98 bits per heavy atom. The zero-order chi connectivity index (χ0) is 40.8. The largest absolute Gasteiger partial charge is 0.487 e. The van der Waals surface area contributed by atoms with Crippen LogP contribution in [-0.4, -0.2) is 60.8 Å². The minimum Gasteiger partial charge on any atom is -0.487 e. The van der Waals surface area contributed by atoms with Crippen LogP contribution in [0.2, 0.25) is 0 Å². The lowest BCUT2D eigenvalue weighted by Crippen LogP contribution is -2.60. The van der Waals surface area contributed by atoms with Crippen molar-refractivity contribution < 1.29 is 38.6 Å². The standard InChI is InChI=1S/C51H68O7.H2O/c1-6-8-10-12-13-14-15-16-17-18-20-27-33-44-47(58-51(4,5)57-44)40(3)35-36-43-48(53-37-41-29-23-21-24-30-41)50(54-38-42-31-25-22-26-32-42)49-45(55-43)39-52-46(56-49)34-28-19-11-9-7-2;/h21-26,29-32,36,40,44-50H,6,8,10,12-18,20,27,33,35,37-39H2,1-5H3;1H2/t40-,44?,45?,46?,47-,48?,49-,50-;/m0./s1. The van der Waals surface area contributed by atoms with Crippen LogP contribution in [0.1, 0.15) is 136 Å². The molecule has 2 aromatic rings. The topological polar surface area (TPSA) is 96.1 Å². The van der Waals surface area contributed by atoms with E-state index >= 15 is 0 Å². The second kappa shape index (κ2) is 26.6. The molecule has 0 aliphatic carbocycles. The Balaban J connectivity index is 0.00000769. The molecule has 0 amide bonds. The van der Waals surface area contributed by atoms with Gasteiger partial charge in [0.2, 0.25) is 6.29 Å². The van der Waals surface area contributed by atoms with Gasteiger partial charge in [0.25, 0.3) is 0 Å². The number of unbranched alkanes of at least 4 members (excludes halogenated alkanes) is 11. The number of hydrogen-bond donors (Lipinski definition) is 0. The highest BCUT2D eigenvalue weighted by molar-refractivity contribution is 5.35. The Labute approximate surface area is 355 Å². The molecule has 8 nitrogen and oxygen atoms in total. The maximum atomic E-state index is 6.77. The van der Waals surface area contributed by atoms with Crippen LogP contribution in [0, 0.1) is 41.4 Å². The van der Waals surface area contributed by atoms with Gasteiger partial charge in [-0.2, -0.15) is 0 Å². The Morgan fingerprint density at radius 2 is 1.36 bits per heavy atom. The first-order chi connectivity index (χ1) is 28.4. The molecule has 8 atom stereocenters. The average molecular weight is 811 g/mol. The minimum atomic E-state index is -0.790. The van der Waals surface area contributed by atoms with E-state index in [-0.39, 0.29) is 30.2 Å². The van der Waals surface area contributed by atoms with E-state index in [0.29, 0.717) is 13.2 Å². The molecule has 8 heteroatoms. The summed E-state index contributed by atoms with van der Waals surface area (Å²) in [6.07, 6.45) is 17.2. The van der Waals surface area contributed by atoms with E-state index < -0.39 is 36.5 Å². The van der Waals surface area contributed by atoms with Crippen LogP contribution < -0.4 is 0 Å². The lowest BCUT2D eigenvalue weighted by molar-refractivity contribution is -0.293. The molecule has 3 fully saturated rings. The quantitative estimate of drug-likeness (QED) is 0.0863. The lowest BCUT2D eigenvalue weighted by Gasteiger charge is -2.46. The van der Waals surface area contributed by atoms with E-state index in [1.165, 1.54) is 70.6 Å². The second-order valence-electron chi connectivity index (χ2n) is 16.4. The van der Waals surface area contributed by atoms with Gasteiger partial charge >= 0.3 is 0 Å². The third-order valence-electron chi connectivity index (χ3n) is 11.1. The third kappa shape index (κ3) is 16.4. The zero-order valence-electron chi connectivity index (χ0n) is 36.3. The van der Waals surface area contributed by atoms with Crippen LogP contribution in [0.25, 0.3) is 0 Å². The fraction of sp³-hybridized carbons (Fsp3) is 0.608. The Kier molecular flexibility index (Phi) is 21.6. The molecule has 0 radical (unpaired) electrons. The first kappa shape index (κ1) is 48.1. The molecule has 322 valence electrons. The minimum absolute atomic E-state index is 0. The van der Waals surface area contributed by atoms with E-state index in [1.807, 2.05) is 50.2 Å². The molecule has 0 aromatic heterocycles. The van der Waals surface area contributed by atoms with Gasteiger partial charge in [0.05, 0.1) is 32.0 Å². The molecule has 5 rings (SSSR count). The van der Waals surface area contributed by atoms with Crippen molar-refractivity contribution in [2.45, 2.75) is 186 Å². The van der Waals surface area contributed by atoms with Crippen LogP contribution in [0.5, 0.6) is 0 Å². The first-order valence-electron chi connectivity index (χ1n) is 22.1. The fourth-order valence-electron chi connectivity index (χ4n) is 8.05. The van der Waals surface area contributed by atoms with Gasteiger partial charge in [-0.1, -0.05) is 157 Å². The fourth-order valence-corrected chi connectivity index (χ4v) is 8.05. The summed E-state index contributed by atoms with van der Waals surface area (Å²) in [7, 11) is 0. The molecule has 3 saturated heterocycles. The molecular formula is C51H70O8. The third-order valence-corrected chi connectivity index (χ3v) is 11.1. The summed E-state index contributed by atoms with van der Waals surface area (Å²) in [6.45, 7) is 11.4. The molecule has 3 aliphatic heterocycles. The second-order valence-corrected chi connectivity index (χ2v) is 16.4. The van der Waals surface area contributed by atoms with E-state index in [9.17, 15) is 0 Å². The summed E-state index contributed by atoms with van der Waals surface area (Å²) in [4.78, 5) is 0. The summed E-state index contributed by atoms with van der Waals surface area (Å²) < 4.78 is 45.9. The SMILES string of the molecule is CC#CC#CC#CC1OCC2OC(=CC[C@H](C)[C@@H]3OC(C)(C)OC3CCCCCCCCCCCCCC)C(OCc3ccccc3)[C@H](OCc3ccccc3)[C@H]2O1.O. The smallest absolute Gasteiger partial charge is 0.224 e. The number of allylic oxidation sites excluding steroid dienone is 1. The van der Waals surface area contributed by atoms with Gasteiger partial charge in [0.15, 0.2) is 11.9 Å². The van der Waals surface area contributed by atoms with Crippen LogP contribution in [0.3, 0.4) is 0 Å². The number of fused-ring (bicyclic) bond motifs is 1. The number of benzene rings is 2. The van der Waals surface area contributed by atoms with E-state index in [4.69, 9.17) is 33.2 Å². The molecule has 3 aliphatic rings. The van der Waals surface area contributed by atoms with E-state index in [1.54, 1.807) is 6.92 Å². The van der Waals surface area contributed by atoms with Crippen LogP contribution in [0.4, 0.5) is 0 Å². The Hall–Kier alpha value is -3.62. The summed E-state index contributed by atoms with van der Waals surface area (Å²) in [5, 5.41) is 0. The lowest BCUT2D eigenvalue weighted by atomic mass is 9.91. The number of rotatable bonds is 22. The summed E-state index contributed by atoms with van der Waals surface area (Å²) >= 11 is 0. The predicted molar refractivity (Wildman–Crippen MR) is 234 cm³/mol. The van der Waals surface area contributed by atoms with Crippen LogP contribution >= 0.6 is 0 Å². The molecule has 2 aromatic carbocycles. The summed E-state index contributed by atoms with van der Waals surface area (Å²) in [5.74, 6) is 17.0. The first-order valence-corrected chi connectivity index (χ1v) is 22.1. The van der Waals surface area contributed by atoms with Crippen molar-refractivity contribution in [1.29, 1.82) is 0 Å². The molecule has 3 heterocycles. The summed E-state index contributed by atoms with van der Waals surface area (Å²) in [6, 6.07) is 20.3. The number of hydrogen-bond acceptors (Lipinski definition) is 7. The van der Waals surface area contributed by atoms with E-state index in [2.05, 4.69) is 79.7 Å². The highest BCUT2D eigenvalue weighted by atomic mass is 16.8. The molecule has 0 spiro atoms. The van der Waals surface area contributed by atoms with Crippen molar-refractivity contribution in [3.05, 3.63) is 83.6 Å². The predicted octanol–water partition coefficient (Wildman–Crippen LogP) is 10.0. The van der Waals surface area contributed by atoms with Gasteiger partial charge in [-0.15, -0.1) is 0 Å². The number of ether oxygens (including phenoxy) is 7. The molecule has 0 bridgehead atoms. The van der Waals surface area contributed by atoms with Crippen LogP contribution in [-0.2, 0) is 46.4 Å². The van der Waals surface area contributed by atoms with Gasteiger partial charge in [-0.25, -0.2) is 0 Å². The van der Waals surface area contributed by atoms with Crippen molar-refractivity contribution in [2.24, 2.45) is 5.92 Å². The van der Waals surface area contributed by atoms with Gasteiger partial charge in [0.1, 0.15) is 24.1 Å². The van der Waals surface area contributed by atoms with Crippen molar-refractivity contribution in [2.75, 3.05) is 6.61 Å². The Bertz CT molecular complexity index is 1690. The normalized spacial score (nSPS) is 25.4. The van der Waals surface area contributed by atoms with Crippen molar-refractivity contribution in [1.82, 2.24) is 0 Å². The maximum absolute atomic E-state index is 6.77. The van der Waals surface area contributed by atoms with Gasteiger partial charge in [0, 0.05) is 0 Å². The van der Waals surface area contributed by atoms with Crippen molar-refractivity contribution in [3.8, 4) is 35.5 Å². The van der Waals surface area contributed by atoms with Gasteiger partial charge < -0.3 is 38.6 Å². The van der Waals surface area contributed by atoms with Crippen molar-refractivity contribution in [3.63, 3.8) is 0 Å². The monoisotopic (exact) mass is 811 g/mol. The van der Waals surface area contributed by atoms with Crippen molar-refractivity contribution >= 4 is 0 Å².